The van der Waals surface area contributed by atoms with E-state index < -0.39 is 0 Å². The zero-order valence-corrected chi connectivity index (χ0v) is 47.5. The number of hydrogen-bond donors (Lipinski definition) is 1. The summed E-state index contributed by atoms with van der Waals surface area (Å²) in [6, 6.07) is 26.0. The number of fused-ring (bicyclic) bond motifs is 2. The number of phenolic OH excluding ortho intramolecular Hbond substituents is 1. The standard InChI is InChI=1S/C27H33N3O6S.C25H29N3O5S.C4H8O.ClH.H2O/c1-19(2)26(31)34-13-7-15-37-17-20(3)27(32)35-14-12-21-10-11-25(36-18-33-4)24(16-21)30-28-22-8-5-6-9-23(22)29-30;1-17(2)24(30)32-12-6-14-34-16-18(3)25(31)33-13-11-19-9-10-23(29)22(15-19)28-26-20-7-4-5-8-21(20)27-28;1-2-4-5-3-1;;/h5-6,8-11,16,20H,1,7,12-15,17-18H2,2-4H3;4-5,7-10,15,18,29H,1,6,11-14,16H2,2-3H3;1-4H2;1H;1H2. The minimum atomic E-state index is -0.378. The van der Waals surface area contributed by atoms with Gasteiger partial charge in [0.05, 0.1) is 38.3 Å². The average molecular weight is 1140 g/mol. The minimum Gasteiger partial charge on any atom is -0.506 e. The molecular formula is C56H73ClN6O13S2. The van der Waals surface area contributed by atoms with E-state index >= 15 is 0 Å². The highest BCUT2D eigenvalue weighted by molar-refractivity contribution is 7.99. The van der Waals surface area contributed by atoms with Crippen molar-refractivity contribution in [2.24, 2.45) is 11.8 Å². The summed E-state index contributed by atoms with van der Waals surface area (Å²) in [5.41, 5.74) is 6.81. The fourth-order valence-corrected chi connectivity index (χ4v) is 8.78. The number of aromatic nitrogens is 6. The Morgan fingerprint density at radius 2 is 1.06 bits per heavy atom. The van der Waals surface area contributed by atoms with Gasteiger partial charge < -0.3 is 43.7 Å². The summed E-state index contributed by atoms with van der Waals surface area (Å²) >= 11 is 3.26. The second kappa shape index (κ2) is 35.8. The van der Waals surface area contributed by atoms with E-state index in [1.165, 1.54) is 17.6 Å². The van der Waals surface area contributed by atoms with Crippen molar-refractivity contribution in [1.29, 1.82) is 0 Å². The number of hydrogen-bond acceptors (Lipinski definition) is 18. The molecule has 2 atom stereocenters. The summed E-state index contributed by atoms with van der Waals surface area (Å²) in [6.45, 7) is 17.3. The van der Waals surface area contributed by atoms with Crippen molar-refractivity contribution >= 4 is 81.9 Å². The molecule has 3 heterocycles. The van der Waals surface area contributed by atoms with Gasteiger partial charge in [-0.2, -0.15) is 23.5 Å². The van der Waals surface area contributed by atoms with Gasteiger partial charge in [-0.3, -0.25) is 9.59 Å². The fraction of sp³-hybridized carbons (Fsp3) is 0.429. The van der Waals surface area contributed by atoms with Gasteiger partial charge in [0.1, 0.15) is 44.9 Å². The monoisotopic (exact) mass is 1140 g/mol. The normalized spacial score (nSPS) is 12.3. The van der Waals surface area contributed by atoms with Gasteiger partial charge in [-0.1, -0.05) is 63.4 Å². The number of rotatable bonds is 27. The molecule has 78 heavy (non-hydrogen) atoms. The maximum atomic E-state index is 12.4. The lowest BCUT2D eigenvalue weighted by atomic mass is 10.1. The largest absolute Gasteiger partial charge is 0.506 e. The third kappa shape index (κ3) is 22.5. The second-order valence-electron chi connectivity index (χ2n) is 17.8. The summed E-state index contributed by atoms with van der Waals surface area (Å²) in [4.78, 5) is 50.3. The maximum absolute atomic E-state index is 12.4. The molecule has 22 heteroatoms. The molecule has 19 nitrogen and oxygen atoms in total. The first-order valence-electron chi connectivity index (χ1n) is 25.2. The first-order valence-corrected chi connectivity index (χ1v) is 27.5. The van der Waals surface area contributed by atoms with E-state index in [4.69, 9.17) is 33.2 Å². The predicted molar refractivity (Wildman–Crippen MR) is 306 cm³/mol. The number of methoxy groups -OCH3 is 1. The highest BCUT2D eigenvalue weighted by Gasteiger charge is 2.18. The van der Waals surface area contributed by atoms with E-state index in [1.807, 2.05) is 80.6 Å². The van der Waals surface area contributed by atoms with Crippen LogP contribution in [0.25, 0.3) is 33.4 Å². The summed E-state index contributed by atoms with van der Waals surface area (Å²) < 4.78 is 36.8. The third-order valence-corrected chi connectivity index (χ3v) is 13.7. The van der Waals surface area contributed by atoms with E-state index in [2.05, 4.69) is 33.6 Å². The lowest BCUT2D eigenvalue weighted by molar-refractivity contribution is -0.147. The van der Waals surface area contributed by atoms with E-state index in [0.717, 1.165) is 70.8 Å². The van der Waals surface area contributed by atoms with Gasteiger partial charge in [0.15, 0.2) is 6.79 Å². The van der Waals surface area contributed by atoms with Crippen molar-refractivity contribution in [2.75, 3.05) is 76.6 Å². The van der Waals surface area contributed by atoms with Crippen molar-refractivity contribution in [3.8, 4) is 22.9 Å². The zero-order chi connectivity index (χ0) is 54.7. The number of carbonyl (C=O) groups is 4. The smallest absolute Gasteiger partial charge is 0.333 e. The Morgan fingerprint density at radius 1 is 0.641 bits per heavy atom. The number of aromatic hydroxyl groups is 1. The molecule has 2 aromatic heterocycles. The average Bonchev–Trinajstić information content (AvgIpc) is 4.25. The minimum absolute atomic E-state index is 0. The van der Waals surface area contributed by atoms with Crippen LogP contribution in [0.5, 0.6) is 11.5 Å². The molecule has 1 aliphatic rings. The number of ether oxygens (including phenoxy) is 7. The quantitative estimate of drug-likeness (QED) is 0.0166. The van der Waals surface area contributed by atoms with E-state index in [-0.39, 0.29) is 79.4 Å². The third-order valence-electron chi connectivity index (χ3n) is 11.1. The van der Waals surface area contributed by atoms with Crippen molar-refractivity contribution < 1.29 is 62.9 Å². The molecule has 4 aromatic carbocycles. The van der Waals surface area contributed by atoms with Gasteiger partial charge in [-0.05, 0) is 111 Å². The topological polar surface area (TPSA) is 246 Å². The highest BCUT2D eigenvalue weighted by Crippen LogP contribution is 2.26. The Labute approximate surface area is 470 Å². The number of carbonyl (C=O) groups excluding carboxylic acids is 4. The SMILES string of the molecule is C1CCOC1.C=C(C)C(=O)OCCCSCC(C)C(=O)OCCc1ccc(O)c(-n2nc3ccccc3n2)c1.C=C(C)C(=O)OCCCSCC(C)C(=O)OCCc1ccc(OCOC)c(-n2nc3ccccc3n2)c1.Cl.O. The van der Waals surface area contributed by atoms with Crippen molar-refractivity contribution in [3.63, 3.8) is 0 Å². The van der Waals surface area contributed by atoms with Crippen LogP contribution in [0.15, 0.2) is 109 Å². The molecule has 0 radical (unpaired) electrons. The number of thioether (sulfide) groups is 2. The molecule has 6 aromatic rings. The first kappa shape index (κ1) is 65.8. The van der Waals surface area contributed by atoms with Gasteiger partial charge in [0, 0.05) is 55.8 Å². The van der Waals surface area contributed by atoms with Crippen molar-refractivity contribution in [3.05, 3.63) is 120 Å². The zero-order valence-electron chi connectivity index (χ0n) is 45.0. The van der Waals surface area contributed by atoms with Crippen LogP contribution in [0.2, 0.25) is 0 Å². The Kier molecular flexibility index (Phi) is 30.2. The molecule has 0 spiro atoms. The molecule has 0 bridgehead atoms. The second-order valence-corrected chi connectivity index (χ2v) is 20.1. The van der Waals surface area contributed by atoms with Gasteiger partial charge in [-0.15, -0.1) is 42.4 Å². The highest BCUT2D eigenvalue weighted by atomic mass is 35.5. The van der Waals surface area contributed by atoms with Gasteiger partial charge >= 0.3 is 23.9 Å². The first-order chi connectivity index (χ1) is 36.7. The Hall–Kier alpha value is -6.49. The Morgan fingerprint density at radius 3 is 1.47 bits per heavy atom. The molecule has 7 rings (SSSR count). The molecule has 424 valence electrons. The van der Waals surface area contributed by atoms with Crippen LogP contribution in [0.3, 0.4) is 0 Å². The number of benzene rings is 4. The van der Waals surface area contributed by atoms with Gasteiger partial charge in [0.2, 0.25) is 0 Å². The van der Waals surface area contributed by atoms with Crippen LogP contribution < -0.4 is 4.74 Å². The molecule has 1 aliphatic heterocycles. The summed E-state index contributed by atoms with van der Waals surface area (Å²) in [5.74, 6) is 1.80. The number of nitrogens with zero attached hydrogens (tertiary/aromatic N) is 6. The fourth-order valence-electron chi connectivity index (χ4n) is 6.83. The van der Waals surface area contributed by atoms with Crippen LogP contribution in [0, 0.1) is 11.8 Å². The van der Waals surface area contributed by atoms with E-state index in [9.17, 15) is 24.3 Å². The van der Waals surface area contributed by atoms with Crippen LogP contribution >= 0.6 is 35.9 Å². The lowest BCUT2D eigenvalue weighted by Crippen LogP contribution is -2.18. The number of phenols is 1. The van der Waals surface area contributed by atoms with Gasteiger partial charge in [0.25, 0.3) is 0 Å². The van der Waals surface area contributed by atoms with Crippen molar-refractivity contribution in [1.82, 2.24) is 30.0 Å². The van der Waals surface area contributed by atoms with E-state index in [0.29, 0.717) is 65.8 Å². The summed E-state index contributed by atoms with van der Waals surface area (Å²) in [7, 11) is 1.56. The molecule has 0 aliphatic carbocycles. The van der Waals surface area contributed by atoms with Crippen molar-refractivity contribution in [2.45, 2.75) is 66.2 Å². The molecular weight excluding hydrogens is 1060 g/mol. The van der Waals surface area contributed by atoms with Crippen LogP contribution in [0.1, 0.15) is 64.5 Å². The number of esters is 4. The molecule has 1 fully saturated rings. The maximum Gasteiger partial charge on any atom is 0.333 e. The summed E-state index contributed by atoms with van der Waals surface area (Å²) in [5, 5.41) is 28.2. The Balaban J connectivity index is 0.000000368. The Bertz CT molecular complexity index is 2770. The molecule has 1 saturated heterocycles. The number of halogens is 1. The van der Waals surface area contributed by atoms with E-state index in [1.54, 1.807) is 67.5 Å². The summed E-state index contributed by atoms with van der Waals surface area (Å²) in [6.07, 6.45) is 5.04. The lowest BCUT2D eigenvalue weighted by Gasteiger charge is -2.13. The van der Waals surface area contributed by atoms with Crippen LogP contribution in [0.4, 0.5) is 0 Å². The van der Waals surface area contributed by atoms with Gasteiger partial charge in [-0.25, -0.2) is 9.59 Å². The molecule has 0 saturated carbocycles. The molecule has 3 N–H and O–H groups in total. The van der Waals surface area contributed by atoms with Crippen LogP contribution in [-0.2, 0) is 60.4 Å². The molecule has 0 amide bonds. The predicted octanol–water partition coefficient (Wildman–Crippen LogP) is 8.85. The van der Waals surface area contributed by atoms with Crippen LogP contribution in [-0.4, -0.2) is 141 Å². The molecule has 2 unspecified atom stereocenters.